The predicted octanol–water partition coefficient (Wildman–Crippen LogP) is 3.34. The highest BCUT2D eigenvalue weighted by atomic mass is 19.1. The van der Waals surface area contributed by atoms with Crippen molar-refractivity contribution in [2.75, 3.05) is 29.9 Å². The van der Waals surface area contributed by atoms with E-state index in [0.717, 1.165) is 31.6 Å². The second-order valence-electron chi connectivity index (χ2n) is 7.42. The molecule has 1 fully saturated rings. The molecule has 1 aromatic rings. The normalized spacial score (nSPS) is 16.1. The van der Waals surface area contributed by atoms with Crippen LogP contribution >= 0.6 is 0 Å². The van der Waals surface area contributed by atoms with Crippen LogP contribution in [0.15, 0.2) is 18.2 Å². The summed E-state index contributed by atoms with van der Waals surface area (Å²) in [5.74, 6) is -0.357. The fourth-order valence-electron chi connectivity index (χ4n) is 3.17. The molecule has 0 saturated carbocycles. The molecule has 6 heteroatoms. The maximum Gasteiger partial charge on any atom is 0.319 e. The number of nitrogens with zero attached hydrogens (tertiary/aromatic N) is 1. The zero-order valence-corrected chi connectivity index (χ0v) is 14.7. The van der Waals surface area contributed by atoms with Crippen LogP contribution in [-0.2, 0) is 0 Å². The summed E-state index contributed by atoms with van der Waals surface area (Å²) in [7, 11) is 0. The van der Waals surface area contributed by atoms with E-state index in [1.54, 1.807) is 13.0 Å². The van der Waals surface area contributed by atoms with Crippen LogP contribution in [0.25, 0.3) is 0 Å². The molecule has 2 amide bonds. The molecule has 1 aromatic carbocycles. The summed E-state index contributed by atoms with van der Waals surface area (Å²) in [6.07, 6.45) is 2.39. The fourth-order valence-corrected chi connectivity index (χ4v) is 3.17. The van der Waals surface area contributed by atoms with Gasteiger partial charge in [0.2, 0.25) is 0 Å². The van der Waals surface area contributed by atoms with Crippen molar-refractivity contribution in [1.29, 1.82) is 0 Å². The van der Waals surface area contributed by atoms with Gasteiger partial charge in [-0.15, -0.1) is 0 Å². The zero-order valence-electron chi connectivity index (χ0n) is 14.7. The second kappa shape index (κ2) is 7.83. The number of halogens is 1. The van der Waals surface area contributed by atoms with Crippen molar-refractivity contribution < 1.29 is 14.3 Å². The molecule has 0 spiro atoms. The van der Waals surface area contributed by atoms with Gasteiger partial charge in [-0.25, -0.2) is 9.18 Å². The van der Waals surface area contributed by atoms with Crippen molar-refractivity contribution in [1.82, 2.24) is 5.32 Å². The van der Waals surface area contributed by atoms with Crippen LogP contribution < -0.4 is 15.5 Å². The monoisotopic (exact) mass is 337 g/mol. The number of benzene rings is 1. The molecule has 1 aliphatic rings. The molecule has 3 N–H and O–H groups in total. The number of carbonyl (C=O) groups is 1. The average molecular weight is 337 g/mol. The van der Waals surface area contributed by atoms with E-state index in [1.807, 2.05) is 13.8 Å². The van der Waals surface area contributed by atoms with E-state index in [0.29, 0.717) is 18.7 Å². The summed E-state index contributed by atoms with van der Waals surface area (Å²) < 4.78 is 13.8. The van der Waals surface area contributed by atoms with Gasteiger partial charge in [0, 0.05) is 31.0 Å². The minimum Gasteiger partial charge on any atom is -0.393 e. The quantitative estimate of drug-likeness (QED) is 0.746. The van der Waals surface area contributed by atoms with Gasteiger partial charge >= 0.3 is 6.03 Å². The van der Waals surface area contributed by atoms with Gasteiger partial charge in [-0.05, 0) is 49.8 Å². The first-order chi connectivity index (χ1) is 11.2. The van der Waals surface area contributed by atoms with Crippen molar-refractivity contribution in [3.63, 3.8) is 0 Å². The van der Waals surface area contributed by atoms with E-state index >= 15 is 0 Å². The van der Waals surface area contributed by atoms with Crippen LogP contribution in [0, 0.1) is 11.2 Å². The van der Waals surface area contributed by atoms with E-state index in [-0.39, 0.29) is 17.3 Å². The number of aliphatic hydroxyl groups excluding tert-OH is 1. The second-order valence-corrected chi connectivity index (χ2v) is 7.42. The Balaban J connectivity index is 1.94. The number of urea groups is 1. The number of amides is 2. The van der Waals surface area contributed by atoms with Gasteiger partial charge < -0.3 is 20.6 Å². The SMILES string of the molecule is CC(O)CC(C)(C)CNC(=O)Nc1cc(F)cc(N2CCCC2)c1. The molecule has 1 atom stereocenters. The molecule has 1 unspecified atom stereocenters. The lowest BCUT2D eigenvalue weighted by atomic mass is 9.87. The van der Waals surface area contributed by atoms with Crippen LogP contribution in [0.2, 0.25) is 0 Å². The molecule has 1 heterocycles. The lowest BCUT2D eigenvalue weighted by Gasteiger charge is -2.26. The lowest BCUT2D eigenvalue weighted by molar-refractivity contribution is 0.129. The molecular weight excluding hydrogens is 309 g/mol. The summed E-state index contributed by atoms with van der Waals surface area (Å²) in [5.41, 5.74) is 1.04. The van der Waals surface area contributed by atoms with Gasteiger partial charge in [-0.2, -0.15) is 0 Å². The number of rotatable bonds is 6. The number of nitrogens with one attached hydrogen (secondary N) is 2. The minimum atomic E-state index is -0.420. The Morgan fingerprint density at radius 3 is 2.62 bits per heavy atom. The maximum absolute atomic E-state index is 13.8. The summed E-state index contributed by atoms with van der Waals surface area (Å²) in [6.45, 7) is 7.96. The average Bonchev–Trinajstić information content (AvgIpc) is 2.97. The van der Waals surface area contributed by atoms with Gasteiger partial charge in [0.1, 0.15) is 5.82 Å². The van der Waals surface area contributed by atoms with Gasteiger partial charge in [0.25, 0.3) is 0 Å². The maximum atomic E-state index is 13.8. The summed E-state index contributed by atoms with van der Waals surface area (Å²) in [6, 6.07) is 4.25. The van der Waals surface area contributed by atoms with E-state index < -0.39 is 6.10 Å². The number of hydrogen-bond donors (Lipinski definition) is 3. The zero-order chi connectivity index (χ0) is 17.7. The molecule has 2 rings (SSSR count). The van der Waals surface area contributed by atoms with Crippen LogP contribution in [0.1, 0.15) is 40.0 Å². The van der Waals surface area contributed by atoms with E-state index in [1.165, 1.54) is 12.1 Å². The van der Waals surface area contributed by atoms with Crippen LogP contribution in [-0.4, -0.2) is 36.9 Å². The molecule has 0 bridgehead atoms. The van der Waals surface area contributed by atoms with Crippen molar-refractivity contribution in [2.24, 2.45) is 5.41 Å². The lowest BCUT2D eigenvalue weighted by Crippen LogP contribution is -2.38. The molecule has 1 aliphatic heterocycles. The van der Waals surface area contributed by atoms with Gasteiger partial charge in [-0.3, -0.25) is 0 Å². The Bertz CT molecular complexity index is 569. The topological polar surface area (TPSA) is 64.6 Å². The van der Waals surface area contributed by atoms with Crippen molar-refractivity contribution >= 4 is 17.4 Å². The highest BCUT2D eigenvalue weighted by Crippen LogP contribution is 2.25. The van der Waals surface area contributed by atoms with E-state index in [9.17, 15) is 14.3 Å². The molecule has 1 saturated heterocycles. The highest BCUT2D eigenvalue weighted by molar-refractivity contribution is 5.89. The third-order valence-corrected chi connectivity index (χ3v) is 4.19. The Morgan fingerprint density at radius 1 is 1.33 bits per heavy atom. The van der Waals surface area contributed by atoms with Gasteiger partial charge in [0.15, 0.2) is 0 Å². The van der Waals surface area contributed by atoms with Crippen molar-refractivity contribution in [2.45, 2.75) is 46.1 Å². The first kappa shape index (κ1) is 18.5. The van der Waals surface area contributed by atoms with Crippen LogP contribution in [0.4, 0.5) is 20.6 Å². The summed E-state index contributed by atoms with van der Waals surface area (Å²) in [4.78, 5) is 14.2. The molecule has 24 heavy (non-hydrogen) atoms. The van der Waals surface area contributed by atoms with Gasteiger partial charge in [0.05, 0.1) is 6.10 Å². The standard InChI is InChI=1S/C18H28FN3O2/c1-13(23)11-18(2,3)12-20-17(24)21-15-8-14(19)9-16(10-15)22-6-4-5-7-22/h8-10,13,23H,4-7,11-12H2,1-3H3,(H2,20,21,24). The Morgan fingerprint density at radius 2 is 2.00 bits per heavy atom. The molecule has 0 aromatic heterocycles. The predicted molar refractivity (Wildman–Crippen MR) is 94.9 cm³/mol. The third-order valence-electron chi connectivity index (χ3n) is 4.19. The summed E-state index contributed by atoms with van der Waals surface area (Å²) in [5, 5.41) is 15.0. The minimum absolute atomic E-state index is 0.214. The number of anilines is 2. The van der Waals surface area contributed by atoms with E-state index in [2.05, 4.69) is 15.5 Å². The number of carbonyl (C=O) groups excluding carboxylic acids is 1. The Labute approximate surface area is 143 Å². The smallest absolute Gasteiger partial charge is 0.319 e. The molecule has 0 radical (unpaired) electrons. The highest BCUT2D eigenvalue weighted by Gasteiger charge is 2.21. The number of aliphatic hydroxyl groups is 1. The molecule has 134 valence electrons. The van der Waals surface area contributed by atoms with Crippen LogP contribution in [0.3, 0.4) is 0 Å². The van der Waals surface area contributed by atoms with Crippen molar-refractivity contribution in [3.8, 4) is 0 Å². The first-order valence-corrected chi connectivity index (χ1v) is 8.54. The third kappa shape index (κ3) is 5.67. The molecule has 5 nitrogen and oxygen atoms in total. The largest absolute Gasteiger partial charge is 0.393 e. The number of hydrogen-bond acceptors (Lipinski definition) is 3. The Kier molecular flexibility index (Phi) is 6.04. The van der Waals surface area contributed by atoms with E-state index in [4.69, 9.17) is 0 Å². The first-order valence-electron chi connectivity index (χ1n) is 8.54. The summed E-state index contributed by atoms with van der Waals surface area (Å²) >= 11 is 0. The van der Waals surface area contributed by atoms with Crippen molar-refractivity contribution in [3.05, 3.63) is 24.0 Å². The fraction of sp³-hybridized carbons (Fsp3) is 0.611. The van der Waals surface area contributed by atoms with Gasteiger partial charge in [-0.1, -0.05) is 13.8 Å². The molecule has 0 aliphatic carbocycles. The molecular formula is C18H28FN3O2. The Hall–Kier alpha value is -1.82. The van der Waals surface area contributed by atoms with Crippen LogP contribution in [0.5, 0.6) is 0 Å².